The van der Waals surface area contributed by atoms with E-state index in [-0.39, 0.29) is 6.54 Å². The van der Waals surface area contributed by atoms with Gasteiger partial charge in [-0.3, -0.25) is 0 Å². The molecule has 4 amide bonds. The summed E-state index contributed by atoms with van der Waals surface area (Å²) < 4.78 is 5.85. The SMILES string of the molecule is CC1=NNC(=O)N(NC(=O)N/N=C(\C)c2ccc(Oc3ccc(C(C)C)c(C)c3)nc2)C1. The lowest BCUT2D eigenvalue weighted by Gasteiger charge is -2.25. The predicted octanol–water partition coefficient (Wildman–Crippen LogP) is 3.65. The molecule has 0 bridgehead atoms. The van der Waals surface area contributed by atoms with Crippen molar-refractivity contribution in [2.24, 2.45) is 10.2 Å². The zero-order chi connectivity index (χ0) is 23.3. The molecule has 10 heteroatoms. The summed E-state index contributed by atoms with van der Waals surface area (Å²) in [7, 11) is 0. The average molecular weight is 438 g/mol. The van der Waals surface area contributed by atoms with Gasteiger partial charge in [0, 0.05) is 17.8 Å². The molecule has 2 aromatic rings. The molecule has 10 nitrogen and oxygen atoms in total. The van der Waals surface area contributed by atoms with Crippen LogP contribution in [0.2, 0.25) is 0 Å². The van der Waals surface area contributed by atoms with Gasteiger partial charge >= 0.3 is 12.1 Å². The van der Waals surface area contributed by atoms with E-state index in [9.17, 15) is 9.59 Å². The Hall–Kier alpha value is -3.95. The molecule has 1 aliphatic rings. The number of hydrazone groups is 2. The van der Waals surface area contributed by atoms with Gasteiger partial charge in [0.15, 0.2) is 0 Å². The number of aryl methyl sites for hydroxylation is 1. The third kappa shape index (κ3) is 5.81. The predicted molar refractivity (Wildman–Crippen MR) is 122 cm³/mol. The number of hydrazine groups is 1. The van der Waals surface area contributed by atoms with Crippen LogP contribution in [-0.2, 0) is 0 Å². The second kappa shape index (κ2) is 9.90. The maximum atomic E-state index is 12.0. The number of hydrogen-bond acceptors (Lipinski definition) is 6. The van der Waals surface area contributed by atoms with E-state index in [2.05, 4.69) is 58.3 Å². The Labute approximate surface area is 186 Å². The molecule has 3 rings (SSSR count). The van der Waals surface area contributed by atoms with E-state index in [1.54, 1.807) is 32.2 Å². The highest BCUT2D eigenvalue weighted by Crippen LogP contribution is 2.26. The monoisotopic (exact) mass is 437 g/mol. The lowest BCUT2D eigenvalue weighted by Crippen LogP contribution is -2.56. The van der Waals surface area contributed by atoms with Crippen molar-refractivity contribution in [3.05, 3.63) is 53.2 Å². The van der Waals surface area contributed by atoms with Crippen LogP contribution in [0.15, 0.2) is 46.7 Å². The molecule has 0 aliphatic carbocycles. The van der Waals surface area contributed by atoms with Gasteiger partial charge in [0.25, 0.3) is 0 Å². The normalized spacial score (nSPS) is 14.1. The van der Waals surface area contributed by atoms with Crippen molar-refractivity contribution in [1.82, 2.24) is 26.3 Å². The van der Waals surface area contributed by atoms with Crippen molar-refractivity contribution in [3.63, 3.8) is 0 Å². The van der Waals surface area contributed by atoms with Gasteiger partial charge in [0.2, 0.25) is 5.88 Å². The first kappa shape index (κ1) is 22.7. The van der Waals surface area contributed by atoms with E-state index in [0.29, 0.717) is 28.8 Å². The number of nitrogens with zero attached hydrogens (tertiary/aromatic N) is 4. The molecule has 3 N–H and O–H groups in total. The van der Waals surface area contributed by atoms with Crippen LogP contribution in [0, 0.1) is 6.92 Å². The fourth-order valence-electron chi connectivity index (χ4n) is 3.11. The first-order valence-electron chi connectivity index (χ1n) is 10.2. The third-order valence-electron chi connectivity index (χ3n) is 4.78. The van der Waals surface area contributed by atoms with Gasteiger partial charge in [0.1, 0.15) is 5.75 Å². The molecule has 1 aromatic carbocycles. The summed E-state index contributed by atoms with van der Waals surface area (Å²) in [5.74, 6) is 1.63. The minimum atomic E-state index is -0.651. The maximum absolute atomic E-state index is 12.0. The highest BCUT2D eigenvalue weighted by molar-refractivity contribution is 5.99. The molecule has 0 saturated carbocycles. The summed E-state index contributed by atoms with van der Waals surface area (Å²) in [4.78, 5) is 28.0. The molecule has 168 valence electrons. The highest BCUT2D eigenvalue weighted by Gasteiger charge is 2.20. The van der Waals surface area contributed by atoms with Gasteiger partial charge in [-0.1, -0.05) is 19.9 Å². The highest BCUT2D eigenvalue weighted by atomic mass is 16.5. The average Bonchev–Trinajstić information content (AvgIpc) is 2.75. The van der Waals surface area contributed by atoms with Gasteiger partial charge in [-0.15, -0.1) is 0 Å². The Bertz CT molecular complexity index is 1060. The summed E-state index contributed by atoms with van der Waals surface area (Å²) in [5, 5.41) is 8.93. The van der Waals surface area contributed by atoms with Crippen molar-refractivity contribution < 1.29 is 14.3 Å². The molecule has 1 aliphatic heterocycles. The molecule has 0 saturated heterocycles. The first-order chi connectivity index (χ1) is 15.2. The number of carbonyl (C=O) groups excluding carboxylic acids is 2. The van der Waals surface area contributed by atoms with Crippen LogP contribution < -0.4 is 21.0 Å². The lowest BCUT2D eigenvalue weighted by atomic mass is 9.98. The summed E-state index contributed by atoms with van der Waals surface area (Å²) >= 11 is 0. The standard InChI is InChI=1S/C22H27N7O3/c1-13(2)19-8-7-18(10-14(19)3)32-20-9-6-17(11-23-20)16(5)25-26-21(30)28-29-12-15(4)24-27-22(29)31/h6-11,13H,12H2,1-5H3,(H,27,31)(H2,26,28,30)/b25-16+. The largest absolute Gasteiger partial charge is 0.439 e. The molecular weight excluding hydrogens is 410 g/mol. The van der Waals surface area contributed by atoms with Gasteiger partial charge in [-0.05, 0) is 56.0 Å². The number of ether oxygens (including phenoxy) is 1. The molecule has 0 spiro atoms. The molecule has 0 unspecified atom stereocenters. The lowest BCUT2D eigenvalue weighted by molar-refractivity contribution is 0.173. The third-order valence-corrected chi connectivity index (χ3v) is 4.78. The summed E-state index contributed by atoms with van der Waals surface area (Å²) in [5.41, 5.74) is 11.4. The molecule has 2 heterocycles. The molecule has 0 radical (unpaired) electrons. The van der Waals surface area contributed by atoms with Crippen molar-refractivity contribution >= 4 is 23.5 Å². The van der Waals surface area contributed by atoms with Crippen molar-refractivity contribution in [3.8, 4) is 11.6 Å². The number of benzene rings is 1. The Balaban J connectivity index is 1.57. The first-order valence-corrected chi connectivity index (χ1v) is 10.2. The number of pyridine rings is 1. The van der Waals surface area contributed by atoms with Crippen LogP contribution in [0.25, 0.3) is 0 Å². The van der Waals surface area contributed by atoms with Crippen molar-refractivity contribution in [1.29, 1.82) is 0 Å². The van der Waals surface area contributed by atoms with Crippen LogP contribution in [0.5, 0.6) is 11.6 Å². The number of amides is 4. The summed E-state index contributed by atoms with van der Waals surface area (Å²) in [6.07, 6.45) is 1.61. The van der Waals surface area contributed by atoms with Crippen LogP contribution >= 0.6 is 0 Å². The molecule has 1 aromatic heterocycles. The quantitative estimate of drug-likeness (QED) is 0.472. The van der Waals surface area contributed by atoms with E-state index in [1.165, 1.54) is 11.1 Å². The van der Waals surface area contributed by atoms with Gasteiger partial charge < -0.3 is 4.74 Å². The minimum absolute atomic E-state index is 0.188. The molecule has 32 heavy (non-hydrogen) atoms. The number of rotatable bonds is 6. The molecule has 0 fully saturated rings. The number of aromatic nitrogens is 1. The van der Waals surface area contributed by atoms with Crippen LogP contribution in [0.1, 0.15) is 50.3 Å². The Kier molecular flexibility index (Phi) is 7.04. The number of carbonyl (C=O) groups is 2. The van der Waals surface area contributed by atoms with Crippen LogP contribution in [0.3, 0.4) is 0 Å². The smallest absolute Gasteiger partial charge is 0.356 e. The van der Waals surface area contributed by atoms with E-state index in [1.807, 2.05) is 12.1 Å². The fourth-order valence-corrected chi connectivity index (χ4v) is 3.11. The summed E-state index contributed by atoms with van der Waals surface area (Å²) in [6, 6.07) is 8.36. The molecule has 0 atom stereocenters. The fraction of sp³-hybridized carbons (Fsp3) is 0.318. The second-order valence-corrected chi connectivity index (χ2v) is 7.76. The Morgan fingerprint density at radius 1 is 1.25 bits per heavy atom. The number of nitrogens with one attached hydrogen (secondary N) is 3. The summed E-state index contributed by atoms with van der Waals surface area (Å²) in [6.45, 7) is 10.0. The van der Waals surface area contributed by atoms with Crippen molar-refractivity contribution in [2.45, 2.75) is 40.5 Å². The second-order valence-electron chi connectivity index (χ2n) is 7.76. The van der Waals surface area contributed by atoms with Gasteiger partial charge in [-0.25, -0.2) is 35.9 Å². The van der Waals surface area contributed by atoms with E-state index >= 15 is 0 Å². The number of urea groups is 2. The van der Waals surface area contributed by atoms with Crippen LogP contribution in [0.4, 0.5) is 9.59 Å². The number of hydrogen-bond donors (Lipinski definition) is 3. The van der Waals surface area contributed by atoms with Gasteiger partial charge in [0.05, 0.1) is 18.0 Å². The van der Waals surface area contributed by atoms with E-state index < -0.39 is 12.1 Å². The van der Waals surface area contributed by atoms with Gasteiger partial charge in [-0.2, -0.15) is 10.2 Å². The minimum Gasteiger partial charge on any atom is -0.439 e. The van der Waals surface area contributed by atoms with E-state index in [4.69, 9.17) is 4.74 Å². The zero-order valence-electron chi connectivity index (χ0n) is 18.8. The van der Waals surface area contributed by atoms with Crippen LogP contribution in [-0.4, -0.2) is 40.0 Å². The maximum Gasteiger partial charge on any atom is 0.356 e. The van der Waals surface area contributed by atoms with Crippen molar-refractivity contribution in [2.75, 3.05) is 6.54 Å². The Morgan fingerprint density at radius 2 is 2.03 bits per heavy atom. The topological polar surface area (TPSA) is 120 Å². The Morgan fingerprint density at radius 3 is 2.69 bits per heavy atom. The molecular formula is C22H27N7O3. The van der Waals surface area contributed by atoms with E-state index in [0.717, 1.165) is 10.8 Å². The zero-order valence-corrected chi connectivity index (χ0v) is 18.8.